The number of aryl methyl sites for hydroxylation is 1. The highest BCUT2D eigenvalue weighted by Gasteiger charge is 2.11. The van der Waals surface area contributed by atoms with Crippen LogP contribution in [0.15, 0.2) is 60.9 Å². The molecule has 0 aliphatic carbocycles. The Morgan fingerprint density at radius 3 is 2.54 bits per heavy atom. The third kappa shape index (κ3) is 4.96. The molecule has 0 radical (unpaired) electrons. The molecule has 126 valence electrons. The van der Waals surface area contributed by atoms with Crippen LogP contribution >= 0.6 is 0 Å². The first-order valence-electron chi connectivity index (χ1n) is 8.10. The Bertz CT molecular complexity index is 680. The smallest absolute Gasteiger partial charge is 0.207 e. The van der Waals surface area contributed by atoms with E-state index in [1.807, 2.05) is 12.1 Å². The van der Waals surface area contributed by atoms with Crippen molar-refractivity contribution in [2.24, 2.45) is 5.73 Å². The molecule has 24 heavy (non-hydrogen) atoms. The van der Waals surface area contributed by atoms with Gasteiger partial charge in [-0.3, -0.25) is 4.79 Å². The van der Waals surface area contributed by atoms with Crippen molar-refractivity contribution in [2.75, 3.05) is 6.54 Å². The summed E-state index contributed by atoms with van der Waals surface area (Å²) in [7, 11) is 0. The maximum absolute atomic E-state index is 10.6. The standard InChI is InChI=1S/C20H24N2O2/c1-15(24)20(22-14-23)13-17-7-9-18(10-8-17)19-6-2-4-16(12-19)5-3-11-21/h2,4,6-10,12,14,20,24H,1,3,5,11,13,21H2,(H,22,23). The molecule has 4 N–H and O–H groups in total. The molecule has 1 atom stereocenters. The van der Waals surface area contributed by atoms with Gasteiger partial charge in [0.05, 0.1) is 6.04 Å². The minimum atomic E-state index is -0.465. The molecule has 0 aromatic heterocycles. The molecule has 2 rings (SSSR count). The zero-order valence-corrected chi connectivity index (χ0v) is 13.7. The van der Waals surface area contributed by atoms with Crippen LogP contribution in [-0.2, 0) is 17.6 Å². The van der Waals surface area contributed by atoms with E-state index in [1.165, 1.54) is 11.1 Å². The van der Waals surface area contributed by atoms with Gasteiger partial charge >= 0.3 is 0 Å². The monoisotopic (exact) mass is 324 g/mol. The molecule has 0 spiro atoms. The zero-order chi connectivity index (χ0) is 17.4. The molecule has 0 fully saturated rings. The van der Waals surface area contributed by atoms with Crippen LogP contribution in [0.1, 0.15) is 17.5 Å². The van der Waals surface area contributed by atoms with Crippen molar-refractivity contribution in [2.45, 2.75) is 25.3 Å². The van der Waals surface area contributed by atoms with Crippen molar-refractivity contribution in [1.82, 2.24) is 5.32 Å². The summed E-state index contributed by atoms with van der Waals surface area (Å²) in [5.74, 6) is -0.0428. The molecule has 0 bridgehead atoms. The topological polar surface area (TPSA) is 75.3 Å². The molecule has 0 heterocycles. The summed E-state index contributed by atoms with van der Waals surface area (Å²) in [5.41, 5.74) is 10.2. The SMILES string of the molecule is C=C(O)C(Cc1ccc(-c2cccc(CCCN)c2)cc1)NC=O. The maximum atomic E-state index is 10.6. The van der Waals surface area contributed by atoms with Gasteiger partial charge < -0.3 is 16.2 Å². The number of amides is 1. The Kier molecular flexibility index (Phi) is 6.58. The fourth-order valence-electron chi connectivity index (χ4n) is 2.64. The lowest BCUT2D eigenvalue weighted by Gasteiger charge is -2.15. The van der Waals surface area contributed by atoms with E-state index in [9.17, 15) is 9.90 Å². The van der Waals surface area contributed by atoms with E-state index in [0.29, 0.717) is 19.4 Å². The Balaban J connectivity index is 2.11. The number of benzene rings is 2. The van der Waals surface area contributed by atoms with Crippen molar-refractivity contribution in [1.29, 1.82) is 0 Å². The van der Waals surface area contributed by atoms with Crippen LogP contribution in [0.3, 0.4) is 0 Å². The number of rotatable bonds is 9. The van der Waals surface area contributed by atoms with Gasteiger partial charge in [-0.25, -0.2) is 0 Å². The third-order valence-electron chi connectivity index (χ3n) is 4.00. The van der Waals surface area contributed by atoms with Gasteiger partial charge in [-0.05, 0) is 48.1 Å². The van der Waals surface area contributed by atoms with E-state index in [-0.39, 0.29) is 5.76 Å². The average Bonchev–Trinajstić information content (AvgIpc) is 2.60. The molecule has 0 aliphatic rings. The predicted octanol–water partition coefficient (Wildman–Crippen LogP) is 2.97. The first-order chi connectivity index (χ1) is 11.6. The first-order valence-corrected chi connectivity index (χ1v) is 8.10. The summed E-state index contributed by atoms with van der Waals surface area (Å²) in [6.45, 7) is 4.19. The summed E-state index contributed by atoms with van der Waals surface area (Å²) in [6, 6.07) is 16.1. The Labute approximate surface area is 143 Å². The van der Waals surface area contributed by atoms with E-state index in [0.717, 1.165) is 24.0 Å². The molecule has 0 saturated carbocycles. The molecule has 4 nitrogen and oxygen atoms in total. The lowest BCUT2D eigenvalue weighted by atomic mass is 9.98. The fraction of sp³-hybridized carbons (Fsp3) is 0.250. The molecule has 4 heteroatoms. The number of aliphatic hydroxyl groups is 1. The number of nitrogens with two attached hydrogens (primary N) is 1. The second kappa shape index (κ2) is 8.89. The van der Waals surface area contributed by atoms with Crippen molar-refractivity contribution < 1.29 is 9.90 Å². The van der Waals surface area contributed by atoms with Crippen LogP contribution in [0.4, 0.5) is 0 Å². The molecular weight excluding hydrogens is 300 g/mol. The van der Waals surface area contributed by atoms with Crippen LogP contribution in [0.5, 0.6) is 0 Å². The van der Waals surface area contributed by atoms with Crippen molar-refractivity contribution in [3.05, 3.63) is 72.0 Å². The van der Waals surface area contributed by atoms with E-state index in [4.69, 9.17) is 5.73 Å². The number of hydrogen-bond acceptors (Lipinski definition) is 3. The second-order valence-electron chi connectivity index (χ2n) is 5.82. The lowest BCUT2D eigenvalue weighted by Crippen LogP contribution is -2.31. The van der Waals surface area contributed by atoms with Crippen molar-refractivity contribution in [3.63, 3.8) is 0 Å². The molecule has 2 aromatic carbocycles. The van der Waals surface area contributed by atoms with Crippen LogP contribution in [0.25, 0.3) is 11.1 Å². The molecular formula is C20H24N2O2. The highest BCUT2D eigenvalue weighted by molar-refractivity contribution is 5.64. The summed E-state index contributed by atoms with van der Waals surface area (Å²) in [5, 5.41) is 12.1. The maximum Gasteiger partial charge on any atom is 0.207 e. The second-order valence-corrected chi connectivity index (χ2v) is 5.82. The van der Waals surface area contributed by atoms with Gasteiger partial charge in [-0.2, -0.15) is 0 Å². The average molecular weight is 324 g/mol. The number of hydrogen-bond donors (Lipinski definition) is 3. The fourth-order valence-corrected chi connectivity index (χ4v) is 2.64. The van der Waals surface area contributed by atoms with Gasteiger partial charge in [0.1, 0.15) is 5.76 Å². The van der Waals surface area contributed by atoms with E-state index >= 15 is 0 Å². The number of aliphatic hydroxyl groups excluding tert-OH is 1. The quantitative estimate of drug-likeness (QED) is 0.490. The number of nitrogens with one attached hydrogen (secondary N) is 1. The summed E-state index contributed by atoms with van der Waals surface area (Å²) >= 11 is 0. The van der Waals surface area contributed by atoms with E-state index in [1.54, 1.807) is 0 Å². The minimum Gasteiger partial charge on any atom is -0.511 e. The number of carbonyl (C=O) groups is 1. The van der Waals surface area contributed by atoms with Gasteiger partial charge in [-0.1, -0.05) is 55.1 Å². The van der Waals surface area contributed by atoms with Gasteiger partial charge in [-0.15, -0.1) is 0 Å². The molecule has 1 unspecified atom stereocenters. The van der Waals surface area contributed by atoms with Gasteiger partial charge in [0.25, 0.3) is 0 Å². The van der Waals surface area contributed by atoms with Gasteiger partial charge in [0, 0.05) is 0 Å². The lowest BCUT2D eigenvalue weighted by molar-refractivity contribution is -0.110. The summed E-state index contributed by atoms with van der Waals surface area (Å²) in [6.07, 6.45) is 3.05. The van der Waals surface area contributed by atoms with Gasteiger partial charge in [0.15, 0.2) is 0 Å². The normalized spacial score (nSPS) is 11.7. The highest BCUT2D eigenvalue weighted by atomic mass is 16.3. The summed E-state index contributed by atoms with van der Waals surface area (Å²) in [4.78, 5) is 10.6. The Hall–Kier alpha value is -2.59. The van der Waals surface area contributed by atoms with Crippen molar-refractivity contribution in [3.8, 4) is 11.1 Å². The van der Waals surface area contributed by atoms with Crippen LogP contribution < -0.4 is 11.1 Å². The van der Waals surface area contributed by atoms with Crippen LogP contribution in [-0.4, -0.2) is 24.1 Å². The third-order valence-corrected chi connectivity index (χ3v) is 4.00. The molecule has 0 saturated heterocycles. The largest absolute Gasteiger partial charge is 0.511 e. The molecule has 2 aromatic rings. The highest BCUT2D eigenvalue weighted by Crippen LogP contribution is 2.22. The van der Waals surface area contributed by atoms with Gasteiger partial charge in [0.2, 0.25) is 6.41 Å². The minimum absolute atomic E-state index is 0.0428. The number of carbonyl (C=O) groups excluding carboxylic acids is 1. The zero-order valence-electron chi connectivity index (χ0n) is 13.7. The van der Waals surface area contributed by atoms with Crippen molar-refractivity contribution >= 4 is 6.41 Å². The van der Waals surface area contributed by atoms with Crippen LogP contribution in [0, 0.1) is 0 Å². The Morgan fingerprint density at radius 2 is 1.92 bits per heavy atom. The Morgan fingerprint density at radius 1 is 1.17 bits per heavy atom. The first kappa shape index (κ1) is 17.8. The van der Waals surface area contributed by atoms with Crippen LogP contribution in [0.2, 0.25) is 0 Å². The molecule has 1 amide bonds. The molecule has 0 aliphatic heterocycles. The van der Waals surface area contributed by atoms with E-state index in [2.05, 4.69) is 48.3 Å². The van der Waals surface area contributed by atoms with E-state index < -0.39 is 6.04 Å². The summed E-state index contributed by atoms with van der Waals surface area (Å²) < 4.78 is 0. The predicted molar refractivity (Wildman–Crippen MR) is 97.7 cm³/mol.